The first-order valence-corrected chi connectivity index (χ1v) is 6.01. The maximum Gasteiger partial charge on any atom is 0.240 e. The lowest BCUT2D eigenvalue weighted by Gasteiger charge is -2.28. The van der Waals surface area contributed by atoms with E-state index in [0.29, 0.717) is 0 Å². The Bertz CT molecular complexity index is 126. The van der Waals surface area contributed by atoms with Crippen LogP contribution in [0.4, 0.5) is 0 Å². The topological polar surface area (TPSA) is 9.23 Å². The molecular weight excluding hydrogens is 140 g/mol. The fourth-order valence-electron chi connectivity index (χ4n) is 1.24. The van der Waals surface area contributed by atoms with Crippen molar-refractivity contribution < 1.29 is 4.43 Å². The number of hydrogen-bond acceptors (Lipinski definition) is 1. The van der Waals surface area contributed by atoms with E-state index in [2.05, 4.69) is 13.2 Å². The summed E-state index contributed by atoms with van der Waals surface area (Å²) in [6.07, 6.45) is 2.49. The Balaban J connectivity index is 2.60. The molecule has 0 N–H and O–H groups in total. The van der Waals surface area contributed by atoms with Crippen molar-refractivity contribution in [3.05, 3.63) is 24.6 Å². The lowest BCUT2D eigenvalue weighted by molar-refractivity contribution is 0.282. The van der Waals surface area contributed by atoms with E-state index in [1.54, 1.807) is 0 Å². The van der Waals surface area contributed by atoms with Gasteiger partial charge < -0.3 is 4.43 Å². The van der Waals surface area contributed by atoms with Crippen LogP contribution in [0, 0.1) is 0 Å². The smallest absolute Gasteiger partial charge is 0.240 e. The van der Waals surface area contributed by atoms with Gasteiger partial charge in [-0.05, 0) is 12.5 Å². The van der Waals surface area contributed by atoms with Crippen molar-refractivity contribution in [1.82, 2.24) is 0 Å². The van der Waals surface area contributed by atoms with Gasteiger partial charge in [-0.2, -0.15) is 0 Å². The average molecular weight is 154 g/mol. The molecule has 1 nitrogen and oxygen atoms in total. The van der Waals surface area contributed by atoms with Crippen LogP contribution >= 0.6 is 0 Å². The summed E-state index contributed by atoms with van der Waals surface area (Å²) in [6, 6.07) is 1.18. The fourth-order valence-corrected chi connectivity index (χ4v) is 3.52. The summed E-state index contributed by atoms with van der Waals surface area (Å²) in [7, 11) is -1.60. The zero-order valence-corrected chi connectivity index (χ0v) is 7.31. The molecule has 1 fully saturated rings. The first-order valence-electron chi connectivity index (χ1n) is 3.74. The summed E-state index contributed by atoms with van der Waals surface area (Å²) in [6.45, 7) is 8.49. The van der Waals surface area contributed by atoms with Gasteiger partial charge in [0.2, 0.25) is 8.32 Å². The lowest BCUT2D eigenvalue weighted by atomic mass is 10.4. The van der Waals surface area contributed by atoms with Crippen molar-refractivity contribution in [2.75, 3.05) is 6.61 Å². The van der Waals surface area contributed by atoms with E-state index in [9.17, 15) is 0 Å². The van der Waals surface area contributed by atoms with Gasteiger partial charge in [0.1, 0.15) is 0 Å². The molecule has 0 spiro atoms. The molecule has 0 aromatic rings. The van der Waals surface area contributed by atoms with Crippen LogP contribution in [0.3, 0.4) is 0 Å². The molecule has 10 heavy (non-hydrogen) atoms. The monoisotopic (exact) mass is 154 g/mol. The van der Waals surface area contributed by atoms with Crippen LogP contribution < -0.4 is 0 Å². The Morgan fingerprint density at radius 3 is 2.20 bits per heavy atom. The van der Waals surface area contributed by atoms with E-state index in [4.69, 9.17) is 4.43 Å². The van der Waals surface area contributed by atoms with Crippen LogP contribution in [0.15, 0.2) is 24.6 Å². The Kier molecular flexibility index (Phi) is 2.46. The first kappa shape index (κ1) is 7.76. The number of rotatable bonds is 2. The third-order valence-corrected chi connectivity index (χ3v) is 5.28. The molecule has 0 saturated carbocycles. The molecule has 0 unspecified atom stereocenters. The summed E-state index contributed by atoms with van der Waals surface area (Å²) in [5.74, 6) is 0. The highest BCUT2D eigenvalue weighted by Gasteiger charge is 2.29. The van der Waals surface area contributed by atoms with E-state index in [1.807, 2.05) is 11.4 Å². The van der Waals surface area contributed by atoms with Gasteiger partial charge in [-0.1, -0.05) is 17.8 Å². The largest absolute Gasteiger partial charge is 0.409 e. The van der Waals surface area contributed by atoms with E-state index in [0.717, 1.165) is 6.61 Å². The second-order valence-corrected chi connectivity index (χ2v) is 6.18. The highest BCUT2D eigenvalue weighted by molar-refractivity contribution is 6.83. The summed E-state index contributed by atoms with van der Waals surface area (Å²) in [5.41, 5.74) is 3.97. The van der Waals surface area contributed by atoms with Crippen molar-refractivity contribution in [1.29, 1.82) is 0 Å². The van der Waals surface area contributed by atoms with Gasteiger partial charge >= 0.3 is 0 Å². The molecule has 0 atom stereocenters. The first-order chi connectivity index (χ1) is 4.83. The van der Waals surface area contributed by atoms with Crippen LogP contribution in [0.5, 0.6) is 0 Å². The third-order valence-electron chi connectivity index (χ3n) is 2.02. The highest BCUT2D eigenvalue weighted by Crippen LogP contribution is 2.22. The molecule has 0 bridgehead atoms. The molecule has 56 valence electrons. The van der Waals surface area contributed by atoms with Crippen LogP contribution in [0.2, 0.25) is 6.04 Å². The van der Waals surface area contributed by atoms with Crippen molar-refractivity contribution in [3.63, 3.8) is 0 Å². The zero-order chi connectivity index (χ0) is 7.45. The van der Waals surface area contributed by atoms with E-state index in [-0.39, 0.29) is 0 Å². The fraction of sp³-hybridized carbons (Fsp3) is 0.500. The normalized spacial score (nSPS) is 23.6. The minimum atomic E-state index is -1.60. The minimum Gasteiger partial charge on any atom is -0.409 e. The van der Waals surface area contributed by atoms with Gasteiger partial charge in [0, 0.05) is 6.61 Å². The zero-order valence-electron chi connectivity index (χ0n) is 6.31. The minimum absolute atomic E-state index is 0.907. The molecule has 1 heterocycles. The SMILES string of the molecule is C=C[Si]1(C=C)CCCCO1. The van der Waals surface area contributed by atoms with Gasteiger partial charge in [0.05, 0.1) is 0 Å². The molecule has 1 saturated heterocycles. The maximum atomic E-state index is 5.67. The van der Waals surface area contributed by atoms with Crippen LogP contribution in [-0.2, 0) is 4.43 Å². The van der Waals surface area contributed by atoms with Gasteiger partial charge in [0.15, 0.2) is 0 Å². The molecule has 1 aliphatic heterocycles. The van der Waals surface area contributed by atoms with Crippen LogP contribution in [0.1, 0.15) is 12.8 Å². The van der Waals surface area contributed by atoms with Crippen LogP contribution in [-0.4, -0.2) is 14.9 Å². The molecule has 0 aliphatic carbocycles. The molecule has 0 aromatic carbocycles. The average Bonchev–Trinajstić information content (AvgIpc) is 2.06. The van der Waals surface area contributed by atoms with Gasteiger partial charge in [-0.25, -0.2) is 0 Å². The van der Waals surface area contributed by atoms with Gasteiger partial charge in [0.25, 0.3) is 0 Å². The quantitative estimate of drug-likeness (QED) is 0.554. The predicted molar refractivity (Wildman–Crippen MR) is 46.1 cm³/mol. The Hall–Kier alpha value is -0.343. The summed E-state index contributed by atoms with van der Waals surface area (Å²) < 4.78 is 5.67. The Morgan fingerprint density at radius 1 is 1.20 bits per heavy atom. The third kappa shape index (κ3) is 1.38. The molecule has 0 amide bonds. The summed E-state index contributed by atoms with van der Waals surface area (Å²) in [5, 5.41) is 0. The predicted octanol–water partition coefficient (Wildman–Crippen LogP) is 2.19. The molecule has 1 aliphatic rings. The second kappa shape index (κ2) is 3.17. The standard InChI is InChI=1S/C8H14OSi/c1-3-10(4-2)8-6-5-7-9-10/h3-4H,1-2,5-8H2. The van der Waals surface area contributed by atoms with E-state index < -0.39 is 8.32 Å². The molecule has 1 rings (SSSR count). The molecule has 2 heteroatoms. The van der Waals surface area contributed by atoms with Gasteiger partial charge in [-0.3, -0.25) is 0 Å². The molecular formula is C8H14OSi. The van der Waals surface area contributed by atoms with Crippen molar-refractivity contribution >= 4 is 8.32 Å². The molecule has 0 aromatic heterocycles. The highest BCUT2D eigenvalue weighted by atomic mass is 28.4. The van der Waals surface area contributed by atoms with Crippen molar-refractivity contribution in [2.24, 2.45) is 0 Å². The second-order valence-electron chi connectivity index (χ2n) is 2.67. The van der Waals surface area contributed by atoms with Crippen molar-refractivity contribution in [3.8, 4) is 0 Å². The Labute approximate surface area is 63.5 Å². The Morgan fingerprint density at radius 2 is 1.90 bits per heavy atom. The lowest BCUT2D eigenvalue weighted by Crippen LogP contribution is -2.37. The van der Waals surface area contributed by atoms with Crippen molar-refractivity contribution in [2.45, 2.75) is 18.9 Å². The number of hydrogen-bond donors (Lipinski definition) is 0. The van der Waals surface area contributed by atoms with Gasteiger partial charge in [-0.15, -0.1) is 13.2 Å². The van der Waals surface area contributed by atoms with E-state index in [1.165, 1.54) is 18.9 Å². The summed E-state index contributed by atoms with van der Waals surface area (Å²) >= 11 is 0. The summed E-state index contributed by atoms with van der Waals surface area (Å²) in [4.78, 5) is 0. The van der Waals surface area contributed by atoms with Crippen LogP contribution in [0.25, 0.3) is 0 Å². The molecule has 0 radical (unpaired) electrons. The van der Waals surface area contributed by atoms with E-state index >= 15 is 0 Å². The maximum absolute atomic E-state index is 5.67.